The van der Waals surface area contributed by atoms with E-state index in [4.69, 9.17) is 9.73 Å². The molecule has 4 rings (SSSR count). The molecule has 0 fully saturated rings. The minimum absolute atomic E-state index is 0.288. The van der Waals surface area contributed by atoms with Gasteiger partial charge in [0.2, 0.25) is 5.91 Å². The first-order valence-corrected chi connectivity index (χ1v) is 11.8. The number of nitrogens with one attached hydrogen (secondary N) is 4. The van der Waals surface area contributed by atoms with Crippen molar-refractivity contribution in [2.45, 2.75) is 6.29 Å². The van der Waals surface area contributed by atoms with Gasteiger partial charge in [-0.25, -0.2) is 4.99 Å². The van der Waals surface area contributed by atoms with Crippen LogP contribution < -0.4 is 30.9 Å². The second-order valence-electron chi connectivity index (χ2n) is 8.52. The van der Waals surface area contributed by atoms with Crippen molar-refractivity contribution in [3.05, 3.63) is 73.1 Å². The molecule has 36 heavy (non-hydrogen) atoms. The summed E-state index contributed by atoms with van der Waals surface area (Å²) in [5, 5.41) is 13.9. The lowest BCUT2D eigenvalue weighted by molar-refractivity contribution is -0.111. The monoisotopic (exact) mass is 487 g/mol. The Bertz CT molecular complexity index is 1330. The number of allylic oxidation sites excluding steroid dienone is 1. The van der Waals surface area contributed by atoms with Crippen molar-refractivity contribution in [1.29, 1.82) is 0 Å². The number of methoxy groups -OCH3 is 1. The Hall–Kier alpha value is -4.24. The number of rotatable bonds is 10. The Balaban J connectivity index is 1.67. The first-order valence-electron chi connectivity index (χ1n) is 11.8. The minimum atomic E-state index is -0.436. The Morgan fingerprint density at radius 2 is 2.11 bits per heavy atom. The van der Waals surface area contributed by atoms with Gasteiger partial charge in [-0.1, -0.05) is 24.8 Å². The molecule has 1 unspecified atom stereocenters. The molecule has 188 valence electrons. The number of likely N-dealkylation sites (N-methyl/N-ethyl adjacent to an activating group) is 2. The van der Waals surface area contributed by atoms with Crippen molar-refractivity contribution in [1.82, 2.24) is 15.2 Å². The largest absolute Gasteiger partial charge is 0.495 e. The highest BCUT2D eigenvalue weighted by Gasteiger charge is 2.19. The minimum Gasteiger partial charge on any atom is -0.495 e. The van der Waals surface area contributed by atoms with Crippen LogP contribution in [-0.2, 0) is 11.8 Å². The zero-order valence-electron chi connectivity index (χ0n) is 21.1. The van der Waals surface area contributed by atoms with E-state index in [0.29, 0.717) is 17.1 Å². The lowest BCUT2D eigenvalue weighted by Crippen LogP contribution is -2.34. The summed E-state index contributed by atoms with van der Waals surface area (Å²) in [6.45, 7) is 5.11. The fraction of sp³-hybridized carbons (Fsp3) is 0.259. The fourth-order valence-corrected chi connectivity index (χ4v) is 4.21. The molecular weight excluding hydrogens is 454 g/mol. The predicted octanol–water partition coefficient (Wildman–Crippen LogP) is 3.27. The summed E-state index contributed by atoms with van der Waals surface area (Å²) in [6, 6.07) is 12.0. The number of hydrogen-bond acceptors (Lipinski definition) is 7. The molecule has 3 aromatic rings. The predicted molar refractivity (Wildman–Crippen MR) is 148 cm³/mol. The highest BCUT2D eigenvalue weighted by molar-refractivity contribution is 6.16. The molecule has 2 aromatic carbocycles. The SMILES string of the molecule is C=CC(=O)Nc1cc(NC2N=C(c3cn(C)c4ccccc34)C=CN2)c(OC)cc1N(C)CCNC. The molecule has 9 heteroatoms. The van der Waals surface area contributed by atoms with Crippen LogP contribution in [0.25, 0.3) is 10.9 Å². The normalized spacial score (nSPS) is 14.7. The third-order valence-corrected chi connectivity index (χ3v) is 6.10. The molecule has 1 atom stereocenters. The van der Waals surface area contributed by atoms with Crippen molar-refractivity contribution in [3.63, 3.8) is 0 Å². The van der Waals surface area contributed by atoms with Crippen LogP contribution in [-0.4, -0.2) is 56.8 Å². The van der Waals surface area contributed by atoms with E-state index in [1.165, 1.54) is 6.08 Å². The van der Waals surface area contributed by atoms with Crippen LogP contribution in [0.5, 0.6) is 5.75 Å². The standard InChI is InChI=1S/C27H33N7O2/c1-6-26(35)30-21-15-22(25(36-5)16-24(21)33(3)14-13-28-2)32-27-29-12-11-20(31-27)19-17-34(4)23-10-8-7-9-18(19)23/h6-12,15-17,27-29,32H,1,13-14H2,2-5H3,(H,30,35). The molecule has 1 aliphatic rings. The van der Waals surface area contributed by atoms with Crippen molar-refractivity contribution < 1.29 is 9.53 Å². The van der Waals surface area contributed by atoms with Crippen LogP contribution in [0.1, 0.15) is 5.56 Å². The van der Waals surface area contributed by atoms with Gasteiger partial charge in [0, 0.05) is 62.1 Å². The third kappa shape index (κ3) is 5.21. The summed E-state index contributed by atoms with van der Waals surface area (Å²) in [5.41, 5.74) is 5.24. The van der Waals surface area contributed by atoms with Crippen LogP contribution in [0.3, 0.4) is 0 Å². The topological polar surface area (TPSA) is 95.0 Å². The summed E-state index contributed by atoms with van der Waals surface area (Å²) in [5.74, 6) is 0.348. The van der Waals surface area contributed by atoms with Crippen molar-refractivity contribution >= 4 is 39.6 Å². The third-order valence-electron chi connectivity index (χ3n) is 6.10. The van der Waals surface area contributed by atoms with Crippen LogP contribution >= 0.6 is 0 Å². The summed E-state index contributed by atoms with van der Waals surface area (Å²) >= 11 is 0. The van der Waals surface area contributed by atoms with Gasteiger partial charge in [-0.2, -0.15) is 0 Å². The number of benzene rings is 2. The molecule has 9 nitrogen and oxygen atoms in total. The lowest BCUT2D eigenvalue weighted by Gasteiger charge is -2.26. The maximum absolute atomic E-state index is 12.2. The summed E-state index contributed by atoms with van der Waals surface area (Å²) in [4.78, 5) is 19.1. The van der Waals surface area contributed by atoms with Gasteiger partial charge in [0.05, 0.1) is 29.9 Å². The van der Waals surface area contributed by atoms with Crippen LogP contribution in [0, 0.1) is 0 Å². The van der Waals surface area contributed by atoms with Gasteiger partial charge in [0.25, 0.3) is 0 Å². The molecule has 0 saturated heterocycles. The van der Waals surface area contributed by atoms with E-state index >= 15 is 0 Å². The van der Waals surface area contributed by atoms with E-state index in [-0.39, 0.29) is 5.91 Å². The van der Waals surface area contributed by atoms with Gasteiger partial charge in [-0.05, 0) is 31.3 Å². The number of aryl methyl sites for hydroxylation is 1. The van der Waals surface area contributed by atoms with Crippen LogP contribution in [0.4, 0.5) is 17.1 Å². The van der Waals surface area contributed by atoms with E-state index in [9.17, 15) is 4.79 Å². The summed E-state index contributed by atoms with van der Waals surface area (Å²) in [7, 11) is 7.53. The molecule has 1 amide bonds. The number of aliphatic imine (C=N–C) groups is 1. The van der Waals surface area contributed by atoms with E-state index in [1.807, 2.05) is 57.7 Å². The van der Waals surface area contributed by atoms with Gasteiger partial charge >= 0.3 is 0 Å². The van der Waals surface area contributed by atoms with Crippen molar-refractivity contribution in [3.8, 4) is 5.75 Å². The second-order valence-corrected chi connectivity index (χ2v) is 8.52. The summed E-state index contributed by atoms with van der Waals surface area (Å²) in [6.07, 6.45) is 6.76. The molecule has 1 aliphatic heterocycles. The molecule has 1 aromatic heterocycles. The van der Waals surface area contributed by atoms with E-state index < -0.39 is 6.29 Å². The number of aromatic nitrogens is 1. The zero-order chi connectivity index (χ0) is 25.7. The molecular formula is C27H33N7O2. The number of carbonyl (C=O) groups is 1. The first kappa shape index (κ1) is 24.9. The van der Waals surface area contributed by atoms with Crippen LogP contribution in [0.15, 0.2) is 72.5 Å². The number of carbonyl (C=O) groups excluding carboxylic acids is 1. The number of nitrogens with zero attached hydrogens (tertiary/aromatic N) is 3. The number of fused-ring (bicyclic) bond motifs is 1. The van der Waals surface area contributed by atoms with Gasteiger partial charge in [0.15, 0.2) is 6.29 Å². The summed E-state index contributed by atoms with van der Waals surface area (Å²) < 4.78 is 7.81. The first-order chi connectivity index (χ1) is 17.4. The lowest BCUT2D eigenvalue weighted by atomic mass is 10.1. The Kier molecular flexibility index (Phi) is 7.60. The van der Waals surface area contributed by atoms with Gasteiger partial charge in [-0.3, -0.25) is 4.79 Å². The molecule has 4 N–H and O–H groups in total. The Morgan fingerprint density at radius 3 is 2.86 bits per heavy atom. The Labute approximate surface area is 211 Å². The van der Waals surface area contributed by atoms with E-state index in [0.717, 1.165) is 41.0 Å². The number of hydrogen-bond donors (Lipinski definition) is 4. The highest BCUT2D eigenvalue weighted by Crippen LogP contribution is 2.37. The molecule has 2 heterocycles. The molecule has 0 aliphatic carbocycles. The van der Waals surface area contributed by atoms with Gasteiger partial charge < -0.3 is 35.5 Å². The number of anilines is 3. The van der Waals surface area contributed by atoms with Crippen LogP contribution in [0.2, 0.25) is 0 Å². The number of ether oxygens (including phenoxy) is 1. The second kappa shape index (κ2) is 11.0. The number of para-hydroxylation sites is 1. The molecule has 0 saturated carbocycles. The van der Waals surface area contributed by atoms with Gasteiger partial charge in [0.1, 0.15) is 5.75 Å². The van der Waals surface area contributed by atoms with E-state index in [1.54, 1.807) is 7.11 Å². The smallest absolute Gasteiger partial charge is 0.247 e. The molecule has 0 spiro atoms. The fourth-order valence-electron chi connectivity index (χ4n) is 4.21. The highest BCUT2D eigenvalue weighted by atomic mass is 16.5. The molecule has 0 radical (unpaired) electrons. The average molecular weight is 488 g/mol. The average Bonchev–Trinajstić information content (AvgIpc) is 3.24. The van der Waals surface area contributed by atoms with E-state index in [2.05, 4.69) is 55.6 Å². The molecule has 0 bridgehead atoms. The Morgan fingerprint density at radius 1 is 1.31 bits per heavy atom. The maximum atomic E-state index is 12.2. The number of amides is 1. The zero-order valence-corrected chi connectivity index (χ0v) is 21.1. The quantitative estimate of drug-likeness (QED) is 0.328. The van der Waals surface area contributed by atoms with Gasteiger partial charge in [-0.15, -0.1) is 0 Å². The maximum Gasteiger partial charge on any atom is 0.247 e. The van der Waals surface area contributed by atoms with Crippen molar-refractivity contribution in [2.24, 2.45) is 12.0 Å². The van der Waals surface area contributed by atoms with Crippen molar-refractivity contribution in [2.75, 3.05) is 49.8 Å².